The summed E-state index contributed by atoms with van der Waals surface area (Å²) in [6, 6.07) is 8.83. The number of thioether (sulfide) groups is 2. The SMILES string of the molecule is O=C1NC(=O)/C(=C/c2ccc(OC(F)(F)C(F)(F)F)cc2)S1.O=C1NC(=O)/C(=C/c2ccc(OC(F)(F)C(F)F)cc2)S1. The Morgan fingerprint density at radius 3 is 1.30 bits per heavy atom. The van der Waals surface area contributed by atoms with Gasteiger partial charge in [-0.15, -0.1) is 0 Å². The van der Waals surface area contributed by atoms with Crippen molar-refractivity contribution in [3.05, 3.63) is 69.5 Å². The number of carbonyl (C=O) groups is 4. The fraction of sp³-hybridized carbons (Fsp3) is 0.167. The summed E-state index contributed by atoms with van der Waals surface area (Å²) in [5.41, 5.74) is 0.755. The zero-order valence-corrected chi connectivity index (χ0v) is 22.2. The van der Waals surface area contributed by atoms with Crippen LogP contribution in [0.5, 0.6) is 11.5 Å². The molecule has 2 fully saturated rings. The molecule has 230 valence electrons. The Morgan fingerprint density at radius 2 is 1.00 bits per heavy atom. The van der Waals surface area contributed by atoms with Crippen LogP contribution < -0.4 is 20.1 Å². The minimum absolute atomic E-state index is 0.0827. The second-order valence-electron chi connectivity index (χ2n) is 7.92. The molecule has 2 aliphatic rings. The van der Waals surface area contributed by atoms with Crippen LogP contribution in [-0.2, 0) is 9.59 Å². The van der Waals surface area contributed by atoms with Crippen molar-refractivity contribution in [1.29, 1.82) is 0 Å². The van der Waals surface area contributed by atoms with Gasteiger partial charge in [0.2, 0.25) is 0 Å². The number of hydrogen-bond donors (Lipinski definition) is 2. The number of benzene rings is 2. The maximum atomic E-state index is 12.7. The van der Waals surface area contributed by atoms with Crippen LogP contribution in [0, 0.1) is 0 Å². The van der Waals surface area contributed by atoms with E-state index in [2.05, 4.69) is 14.8 Å². The molecule has 8 nitrogen and oxygen atoms in total. The van der Waals surface area contributed by atoms with Gasteiger partial charge in [-0.1, -0.05) is 24.3 Å². The number of hydrogen-bond acceptors (Lipinski definition) is 8. The summed E-state index contributed by atoms with van der Waals surface area (Å²) in [6.45, 7) is 0. The molecule has 2 aromatic carbocycles. The third-order valence-electron chi connectivity index (χ3n) is 4.72. The third kappa shape index (κ3) is 9.18. The first-order valence-electron chi connectivity index (χ1n) is 11.0. The highest BCUT2D eigenvalue weighted by atomic mass is 32.2. The fourth-order valence-electron chi connectivity index (χ4n) is 2.82. The molecular formula is C24H13F9N2O6S2. The minimum atomic E-state index is -5.83. The lowest BCUT2D eigenvalue weighted by atomic mass is 10.2. The minimum Gasteiger partial charge on any atom is -0.428 e. The maximum Gasteiger partial charge on any atom is 0.499 e. The van der Waals surface area contributed by atoms with Crippen molar-refractivity contribution in [3.63, 3.8) is 0 Å². The van der Waals surface area contributed by atoms with Crippen LogP contribution in [0.15, 0.2) is 58.3 Å². The second-order valence-corrected chi connectivity index (χ2v) is 9.95. The van der Waals surface area contributed by atoms with E-state index in [0.717, 1.165) is 24.3 Å². The summed E-state index contributed by atoms with van der Waals surface area (Å²) in [5, 5.41) is 3.00. The number of alkyl halides is 9. The molecular weight excluding hydrogens is 647 g/mol. The van der Waals surface area contributed by atoms with Crippen LogP contribution in [0.2, 0.25) is 0 Å². The van der Waals surface area contributed by atoms with E-state index in [9.17, 15) is 58.7 Å². The number of amides is 4. The molecule has 0 bridgehead atoms. The van der Waals surface area contributed by atoms with E-state index in [1.807, 2.05) is 5.32 Å². The van der Waals surface area contributed by atoms with Crippen molar-refractivity contribution < 1.29 is 68.2 Å². The molecule has 0 saturated carbocycles. The summed E-state index contributed by atoms with van der Waals surface area (Å²) < 4.78 is 118. The van der Waals surface area contributed by atoms with Crippen molar-refractivity contribution in [2.75, 3.05) is 0 Å². The largest absolute Gasteiger partial charge is 0.499 e. The van der Waals surface area contributed by atoms with E-state index < -0.39 is 58.6 Å². The van der Waals surface area contributed by atoms with Gasteiger partial charge in [0, 0.05) is 0 Å². The number of ether oxygens (including phenoxy) is 2. The van der Waals surface area contributed by atoms with Gasteiger partial charge in [0.05, 0.1) is 9.81 Å². The van der Waals surface area contributed by atoms with Gasteiger partial charge >= 0.3 is 24.8 Å². The summed E-state index contributed by atoms with van der Waals surface area (Å²) >= 11 is 1.35. The fourth-order valence-corrected chi connectivity index (χ4v) is 4.18. The van der Waals surface area contributed by atoms with Crippen LogP contribution >= 0.6 is 23.5 Å². The molecule has 0 unspecified atom stereocenters. The van der Waals surface area contributed by atoms with Crippen molar-refractivity contribution in [1.82, 2.24) is 10.6 Å². The van der Waals surface area contributed by atoms with Gasteiger partial charge in [0.15, 0.2) is 0 Å². The van der Waals surface area contributed by atoms with E-state index in [-0.39, 0.29) is 9.81 Å². The van der Waals surface area contributed by atoms with E-state index in [1.54, 1.807) is 0 Å². The predicted molar refractivity (Wildman–Crippen MR) is 134 cm³/mol. The molecule has 4 rings (SSSR count). The third-order valence-corrected chi connectivity index (χ3v) is 6.35. The lowest BCUT2D eigenvalue weighted by Gasteiger charge is -2.20. The summed E-state index contributed by atoms with van der Waals surface area (Å²) in [7, 11) is 0. The highest BCUT2D eigenvalue weighted by molar-refractivity contribution is 8.18. The van der Waals surface area contributed by atoms with Gasteiger partial charge < -0.3 is 9.47 Å². The first-order valence-corrected chi connectivity index (χ1v) is 12.7. The normalized spacial score (nSPS) is 17.6. The number of nitrogens with one attached hydrogen (secondary N) is 2. The maximum absolute atomic E-state index is 12.7. The highest BCUT2D eigenvalue weighted by Crippen LogP contribution is 2.37. The zero-order chi connectivity index (χ0) is 32.2. The standard InChI is InChI=1S/C12H6F5NO3S.C12H7F4NO3S/c13-11(14,15)12(16,17)21-7-3-1-6(2-4-7)5-8-9(19)18-10(20)22-8;13-10(14)12(15,16)20-7-3-1-6(2-4-7)5-8-9(18)17-11(19)21-8/h1-5H,(H,18,19,20);1-5,10H,(H,17,18,19)/b2*8-5-. The Labute approximate surface area is 242 Å². The first-order chi connectivity index (χ1) is 19.9. The predicted octanol–water partition coefficient (Wildman–Crippen LogP) is 6.79. The monoisotopic (exact) mass is 660 g/mol. The molecule has 0 aromatic heterocycles. The summed E-state index contributed by atoms with van der Waals surface area (Å²) in [4.78, 5) is 44.7. The topological polar surface area (TPSA) is 111 Å². The molecule has 2 saturated heterocycles. The molecule has 43 heavy (non-hydrogen) atoms. The van der Waals surface area contributed by atoms with Gasteiger partial charge in [-0.3, -0.25) is 29.8 Å². The van der Waals surface area contributed by atoms with Gasteiger partial charge in [-0.2, -0.15) is 39.5 Å². The van der Waals surface area contributed by atoms with E-state index in [4.69, 9.17) is 0 Å². The van der Waals surface area contributed by atoms with Gasteiger partial charge in [0.25, 0.3) is 22.3 Å². The molecule has 4 amide bonds. The lowest BCUT2D eigenvalue weighted by Crippen LogP contribution is -2.41. The molecule has 2 aliphatic heterocycles. The highest BCUT2D eigenvalue weighted by Gasteiger charge is 2.61. The van der Waals surface area contributed by atoms with Gasteiger partial charge in [-0.05, 0) is 71.1 Å². The first kappa shape index (κ1) is 33.4. The van der Waals surface area contributed by atoms with Crippen molar-refractivity contribution in [3.8, 4) is 11.5 Å². The molecule has 19 heteroatoms. The van der Waals surface area contributed by atoms with Crippen LogP contribution in [-0.4, -0.2) is 47.1 Å². The molecule has 2 N–H and O–H groups in total. The Bertz CT molecular complexity index is 1460. The lowest BCUT2D eigenvalue weighted by molar-refractivity contribution is -0.360. The smallest absolute Gasteiger partial charge is 0.428 e. The molecule has 0 atom stereocenters. The number of carbonyl (C=O) groups excluding carboxylic acids is 4. The van der Waals surface area contributed by atoms with Crippen molar-refractivity contribution in [2.45, 2.75) is 24.8 Å². The van der Waals surface area contributed by atoms with Crippen LogP contribution in [0.4, 0.5) is 49.1 Å². The Kier molecular flexibility index (Phi) is 10.1. The average molecular weight is 660 g/mol. The van der Waals surface area contributed by atoms with Crippen molar-refractivity contribution in [2.24, 2.45) is 0 Å². The molecule has 2 aromatic rings. The van der Waals surface area contributed by atoms with Gasteiger partial charge in [-0.25, -0.2) is 0 Å². The van der Waals surface area contributed by atoms with Crippen molar-refractivity contribution >= 4 is 58.0 Å². The second kappa shape index (κ2) is 13.0. The molecule has 2 heterocycles. The number of rotatable bonds is 7. The Morgan fingerprint density at radius 1 is 0.628 bits per heavy atom. The van der Waals surface area contributed by atoms with Crippen LogP contribution in [0.25, 0.3) is 12.2 Å². The Balaban J connectivity index is 0.000000236. The van der Waals surface area contributed by atoms with Crippen LogP contribution in [0.1, 0.15) is 11.1 Å². The number of halogens is 9. The average Bonchev–Trinajstić information content (AvgIpc) is 3.38. The van der Waals surface area contributed by atoms with E-state index in [0.29, 0.717) is 34.7 Å². The van der Waals surface area contributed by atoms with Gasteiger partial charge in [0.1, 0.15) is 11.5 Å². The quantitative estimate of drug-likeness (QED) is 0.247. The molecule has 0 aliphatic carbocycles. The van der Waals surface area contributed by atoms with E-state index >= 15 is 0 Å². The molecule has 0 radical (unpaired) electrons. The summed E-state index contributed by atoms with van der Waals surface area (Å²) in [6.07, 6.45) is -17.0. The number of imide groups is 2. The van der Waals surface area contributed by atoms with E-state index in [1.165, 1.54) is 36.4 Å². The zero-order valence-electron chi connectivity index (χ0n) is 20.5. The molecule has 0 spiro atoms. The Hall–Kier alpha value is -4.13. The van der Waals surface area contributed by atoms with Crippen LogP contribution in [0.3, 0.4) is 0 Å². The summed E-state index contributed by atoms with van der Waals surface area (Å²) in [5.74, 6) is -2.31.